The summed E-state index contributed by atoms with van der Waals surface area (Å²) in [6.07, 6.45) is 4.50. The van der Waals surface area contributed by atoms with Crippen molar-refractivity contribution in [2.24, 2.45) is 11.8 Å². The highest BCUT2D eigenvalue weighted by molar-refractivity contribution is 5.01. The Morgan fingerprint density at radius 3 is 2.17 bits per heavy atom. The van der Waals surface area contributed by atoms with Crippen molar-refractivity contribution in [2.75, 3.05) is 52.9 Å². The molecule has 0 aliphatic carbocycles. The van der Waals surface area contributed by atoms with Gasteiger partial charge in [-0.2, -0.15) is 0 Å². The van der Waals surface area contributed by atoms with Crippen molar-refractivity contribution in [3.05, 3.63) is 24.8 Å². The van der Waals surface area contributed by atoms with Crippen LogP contribution in [0, 0.1) is 11.8 Å². The molecule has 3 heteroatoms. The molecule has 1 fully saturated rings. The Labute approximate surface area is 151 Å². The van der Waals surface area contributed by atoms with Crippen LogP contribution in [0.15, 0.2) is 24.8 Å². The normalized spacial score (nSPS) is 18.5. The highest BCUT2D eigenvalue weighted by Gasteiger charge is 2.20. The predicted octanol–water partition coefficient (Wildman–Crippen LogP) is 3.74. The number of rotatable bonds is 11. The minimum Gasteiger partial charge on any atom is -0.304 e. The van der Waals surface area contributed by atoms with Crippen LogP contribution in [0.5, 0.6) is 0 Å². The summed E-state index contributed by atoms with van der Waals surface area (Å²) in [4.78, 5) is 7.66. The largest absolute Gasteiger partial charge is 0.304 e. The number of piperazine rings is 1. The first-order chi connectivity index (χ1) is 11.3. The molecule has 0 spiro atoms. The molecule has 0 N–H and O–H groups in total. The van der Waals surface area contributed by atoms with E-state index in [-0.39, 0.29) is 0 Å². The van der Waals surface area contributed by atoms with E-state index in [2.05, 4.69) is 68.7 Å². The van der Waals surface area contributed by atoms with Crippen molar-refractivity contribution < 1.29 is 0 Å². The van der Waals surface area contributed by atoms with Gasteiger partial charge in [-0.25, -0.2) is 0 Å². The van der Waals surface area contributed by atoms with Gasteiger partial charge in [-0.3, -0.25) is 4.90 Å². The van der Waals surface area contributed by atoms with Crippen molar-refractivity contribution in [3.63, 3.8) is 0 Å². The van der Waals surface area contributed by atoms with Crippen LogP contribution in [0.4, 0.5) is 0 Å². The van der Waals surface area contributed by atoms with Crippen LogP contribution in [0.1, 0.15) is 40.5 Å². The number of nitrogens with zero attached hydrogens (tertiary/aromatic N) is 3. The van der Waals surface area contributed by atoms with E-state index >= 15 is 0 Å². The number of hydrogen-bond acceptors (Lipinski definition) is 3. The van der Waals surface area contributed by atoms with Crippen molar-refractivity contribution >= 4 is 0 Å². The average Bonchev–Trinajstić information content (AvgIpc) is 2.54. The van der Waals surface area contributed by atoms with Crippen molar-refractivity contribution in [3.8, 4) is 0 Å². The Morgan fingerprint density at radius 2 is 1.67 bits per heavy atom. The first-order valence-corrected chi connectivity index (χ1v) is 9.77. The van der Waals surface area contributed by atoms with Crippen LogP contribution in [-0.2, 0) is 0 Å². The van der Waals surface area contributed by atoms with Gasteiger partial charge in [0.15, 0.2) is 0 Å². The van der Waals surface area contributed by atoms with Gasteiger partial charge in [-0.05, 0) is 52.1 Å². The second-order valence-corrected chi connectivity index (χ2v) is 8.14. The summed E-state index contributed by atoms with van der Waals surface area (Å²) < 4.78 is 0. The zero-order valence-corrected chi connectivity index (χ0v) is 16.9. The zero-order valence-electron chi connectivity index (χ0n) is 16.9. The molecule has 0 bridgehead atoms. The predicted molar refractivity (Wildman–Crippen MR) is 108 cm³/mol. The van der Waals surface area contributed by atoms with Gasteiger partial charge in [0.1, 0.15) is 0 Å². The Bertz CT molecular complexity index is 367. The van der Waals surface area contributed by atoms with Crippen LogP contribution in [0.25, 0.3) is 0 Å². The molecule has 0 aromatic heterocycles. The van der Waals surface area contributed by atoms with Gasteiger partial charge in [0, 0.05) is 45.3 Å². The summed E-state index contributed by atoms with van der Waals surface area (Å²) in [5.41, 5.74) is 1.37. The molecule has 3 nitrogen and oxygen atoms in total. The minimum absolute atomic E-state index is 0.595. The summed E-state index contributed by atoms with van der Waals surface area (Å²) in [5, 5.41) is 0. The fraction of sp³-hybridized carbons (Fsp3) is 0.810. The fourth-order valence-corrected chi connectivity index (χ4v) is 3.13. The molecule has 1 aliphatic rings. The highest BCUT2D eigenvalue weighted by Crippen LogP contribution is 2.16. The third-order valence-corrected chi connectivity index (χ3v) is 5.50. The van der Waals surface area contributed by atoms with E-state index in [1.807, 2.05) is 0 Å². The van der Waals surface area contributed by atoms with Gasteiger partial charge in [-0.15, -0.1) is 6.58 Å². The first-order valence-electron chi connectivity index (χ1n) is 9.77. The zero-order chi connectivity index (χ0) is 18.1. The Morgan fingerprint density at radius 1 is 1.08 bits per heavy atom. The minimum atomic E-state index is 0.595. The SMILES string of the molecule is C=CCC(CCN(C)C(C)C)CN1CCN(CC(=C)C(C)C)CC1. The second kappa shape index (κ2) is 11.1. The molecule has 0 amide bonds. The maximum atomic E-state index is 4.22. The smallest absolute Gasteiger partial charge is 0.0193 e. The van der Waals surface area contributed by atoms with Gasteiger partial charge in [0.2, 0.25) is 0 Å². The van der Waals surface area contributed by atoms with Crippen molar-refractivity contribution in [2.45, 2.75) is 46.6 Å². The second-order valence-electron chi connectivity index (χ2n) is 8.14. The molecule has 1 rings (SSSR count). The molecule has 1 unspecified atom stereocenters. The highest BCUT2D eigenvalue weighted by atomic mass is 15.3. The van der Waals surface area contributed by atoms with E-state index in [4.69, 9.17) is 0 Å². The van der Waals surface area contributed by atoms with Crippen LogP contribution in [-0.4, -0.2) is 73.6 Å². The monoisotopic (exact) mass is 335 g/mol. The summed E-state index contributed by atoms with van der Waals surface area (Å²) in [6, 6.07) is 0.631. The summed E-state index contributed by atoms with van der Waals surface area (Å²) in [5.74, 6) is 1.33. The Kier molecular flexibility index (Phi) is 9.87. The summed E-state index contributed by atoms with van der Waals surface area (Å²) >= 11 is 0. The Hall–Kier alpha value is -0.640. The van der Waals surface area contributed by atoms with Gasteiger partial charge >= 0.3 is 0 Å². The lowest BCUT2D eigenvalue weighted by molar-refractivity contribution is 0.118. The molecule has 0 aromatic rings. The van der Waals surface area contributed by atoms with Gasteiger partial charge in [0.25, 0.3) is 0 Å². The van der Waals surface area contributed by atoms with Crippen LogP contribution in [0.3, 0.4) is 0 Å². The van der Waals surface area contributed by atoms with E-state index in [1.165, 1.54) is 51.3 Å². The quantitative estimate of drug-likeness (QED) is 0.533. The lowest BCUT2D eigenvalue weighted by atomic mass is 9.99. The Balaban J connectivity index is 2.36. The summed E-state index contributed by atoms with van der Waals surface area (Å²) in [7, 11) is 2.23. The summed E-state index contributed by atoms with van der Waals surface area (Å²) in [6.45, 7) is 25.4. The van der Waals surface area contributed by atoms with Gasteiger partial charge in [0.05, 0.1) is 0 Å². The van der Waals surface area contributed by atoms with E-state index in [9.17, 15) is 0 Å². The van der Waals surface area contributed by atoms with Gasteiger partial charge < -0.3 is 9.80 Å². The standard InChI is InChI=1S/C21H41N3/c1-8-9-21(10-11-22(7)19(4)5)17-24-14-12-23(13-15-24)16-20(6)18(2)3/h8,18-19,21H,1,6,9-17H2,2-5,7H3. The third-order valence-electron chi connectivity index (χ3n) is 5.50. The third kappa shape index (κ3) is 7.96. The molecule has 1 atom stereocenters. The molecule has 0 saturated carbocycles. The lowest BCUT2D eigenvalue weighted by Gasteiger charge is -2.37. The molecule has 1 saturated heterocycles. The lowest BCUT2D eigenvalue weighted by Crippen LogP contribution is -2.48. The molecular formula is C21H41N3. The molecular weight excluding hydrogens is 294 g/mol. The van der Waals surface area contributed by atoms with Crippen LogP contribution < -0.4 is 0 Å². The molecule has 1 aliphatic heterocycles. The maximum absolute atomic E-state index is 4.22. The van der Waals surface area contributed by atoms with Crippen LogP contribution in [0.2, 0.25) is 0 Å². The molecule has 1 heterocycles. The van der Waals surface area contributed by atoms with Crippen LogP contribution >= 0.6 is 0 Å². The van der Waals surface area contributed by atoms with E-state index in [0.717, 1.165) is 18.9 Å². The topological polar surface area (TPSA) is 9.72 Å². The molecule has 0 radical (unpaired) electrons. The number of allylic oxidation sites excluding steroid dienone is 1. The van der Waals surface area contributed by atoms with Gasteiger partial charge in [-0.1, -0.05) is 32.1 Å². The van der Waals surface area contributed by atoms with E-state index in [1.54, 1.807) is 0 Å². The van der Waals surface area contributed by atoms with E-state index in [0.29, 0.717) is 12.0 Å². The maximum Gasteiger partial charge on any atom is 0.0193 e. The number of hydrogen-bond donors (Lipinski definition) is 0. The fourth-order valence-electron chi connectivity index (χ4n) is 3.13. The molecule has 0 aromatic carbocycles. The molecule has 140 valence electrons. The van der Waals surface area contributed by atoms with Crippen molar-refractivity contribution in [1.82, 2.24) is 14.7 Å². The first kappa shape index (κ1) is 21.4. The molecule has 24 heavy (non-hydrogen) atoms. The average molecular weight is 336 g/mol. The van der Waals surface area contributed by atoms with E-state index < -0.39 is 0 Å². The van der Waals surface area contributed by atoms with Crippen molar-refractivity contribution in [1.29, 1.82) is 0 Å².